The number of benzene rings is 1. The molecule has 1 N–H and O–H groups in total. The molecule has 0 amide bonds. The zero-order chi connectivity index (χ0) is 14.7. The van der Waals surface area contributed by atoms with Gasteiger partial charge in [0.2, 0.25) is 0 Å². The van der Waals surface area contributed by atoms with Crippen LogP contribution in [0, 0.1) is 5.82 Å². The highest BCUT2D eigenvalue weighted by molar-refractivity contribution is 5.65. The Morgan fingerprint density at radius 2 is 2.10 bits per heavy atom. The lowest BCUT2D eigenvalue weighted by atomic mass is 10.1. The fraction of sp³-hybridized carbons (Fsp3) is 0.353. The number of rotatable bonds is 3. The number of aromatic nitrogens is 1. The van der Waals surface area contributed by atoms with Gasteiger partial charge >= 0.3 is 0 Å². The van der Waals surface area contributed by atoms with Crippen molar-refractivity contribution in [3.05, 3.63) is 53.5 Å². The standard InChI is InChI=1S/C17H20FN3/c1-19-12-14-9-10-20-17(16(14)18)21-11-5-4-7-13-6-2-3-8-15(13)21/h2-3,6,8-10,19H,4-5,7,11-12H2,1H3. The van der Waals surface area contributed by atoms with Crippen molar-refractivity contribution in [2.24, 2.45) is 0 Å². The highest BCUT2D eigenvalue weighted by atomic mass is 19.1. The summed E-state index contributed by atoms with van der Waals surface area (Å²) in [6.45, 7) is 1.32. The summed E-state index contributed by atoms with van der Waals surface area (Å²) in [5.74, 6) is 0.223. The van der Waals surface area contributed by atoms with Crippen LogP contribution in [0.4, 0.5) is 15.9 Å². The minimum absolute atomic E-state index is 0.219. The predicted octanol–water partition coefficient (Wildman–Crippen LogP) is 3.41. The average molecular weight is 285 g/mol. The van der Waals surface area contributed by atoms with Crippen molar-refractivity contribution in [3.8, 4) is 0 Å². The number of hydrogen-bond acceptors (Lipinski definition) is 3. The second kappa shape index (κ2) is 6.22. The third-order valence-electron chi connectivity index (χ3n) is 3.93. The molecule has 0 unspecified atom stereocenters. The van der Waals surface area contributed by atoms with Crippen molar-refractivity contribution in [1.82, 2.24) is 10.3 Å². The molecule has 0 spiro atoms. The fourth-order valence-electron chi connectivity index (χ4n) is 2.90. The summed E-state index contributed by atoms with van der Waals surface area (Å²) in [5, 5.41) is 3.00. The molecule has 0 atom stereocenters. The first kappa shape index (κ1) is 14.0. The zero-order valence-corrected chi connectivity index (χ0v) is 12.3. The highest BCUT2D eigenvalue weighted by Crippen LogP contribution is 2.33. The van der Waals surface area contributed by atoms with Gasteiger partial charge in [-0.15, -0.1) is 0 Å². The van der Waals surface area contributed by atoms with Gasteiger partial charge in [0.05, 0.1) is 0 Å². The van der Waals surface area contributed by atoms with Crippen LogP contribution in [-0.2, 0) is 13.0 Å². The fourth-order valence-corrected chi connectivity index (χ4v) is 2.90. The third kappa shape index (κ3) is 2.76. The molecule has 21 heavy (non-hydrogen) atoms. The largest absolute Gasteiger partial charge is 0.324 e. The molecule has 0 bridgehead atoms. The van der Waals surface area contributed by atoms with Gasteiger partial charge in [-0.05, 0) is 44.0 Å². The second-order valence-electron chi connectivity index (χ2n) is 5.38. The van der Waals surface area contributed by atoms with Crippen molar-refractivity contribution in [3.63, 3.8) is 0 Å². The molecule has 0 radical (unpaired) electrons. The normalized spacial score (nSPS) is 14.7. The molecule has 3 nitrogen and oxygen atoms in total. The van der Waals surface area contributed by atoms with Crippen molar-refractivity contribution >= 4 is 11.5 Å². The summed E-state index contributed by atoms with van der Waals surface area (Å²) in [4.78, 5) is 6.33. The Kier molecular flexibility index (Phi) is 4.15. The summed E-state index contributed by atoms with van der Waals surface area (Å²) in [7, 11) is 1.82. The third-order valence-corrected chi connectivity index (χ3v) is 3.93. The Morgan fingerprint density at radius 3 is 2.95 bits per heavy atom. The van der Waals surface area contributed by atoms with Gasteiger partial charge in [0.25, 0.3) is 0 Å². The van der Waals surface area contributed by atoms with E-state index in [9.17, 15) is 4.39 Å². The molecule has 1 aliphatic rings. The lowest BCUT2D eigenvalue weighted by molar-refractivity contribution is 0.591. The Balaban J connectivity index is 2.06. The van der Waals surface area contributed by atoms with E-state index in [-0.39, 0.29) is 5.82 Å². The van der Waals surface area contributed by atoms with Crippen molar-refractivity contribution in [1.29, 1.82) is 0 Å². The molecular formula is C17H20FN3. The zero-order valence-electron chi connectivity index (χ0n) is 12.3. The van der Waals surface area contributed by atoms with Gasteiger partial charge in [0.1, 0.15) is 0 Å². The minimum atomic E-state index is -0.219. The van der Waals surface area contributed by atoms with Gasteiger partial charge in [-0.25, -0.2) is 9.37 Å². The van der Waals surface area contributed by atoms with Crippen LogP contribution < -0.4 is 10.2 Å². The first-order valence-electron chi connectivity index (χ1n) is 7.44. The van der Waals surface area contributed by atoms with E-state index in [0.717, 1.165) is 31.5 Å². The Hall–Kier alpha value is -1.94. The van der Waals surface area contributed by atoms with Gasteiger partial charge in [-0.2, -0.15) is 0 Å². The van der Waals surface area contributed by atoms with Crippen LogP contribution >= 0.6 is 0 Å². The van der Waals surface area contributed by atoms with Gasteiger partial charge in [-0.1, -0.05) is 18.2 Å². The summed E-state index contributed by atoms with van der Waals surface area (Å²) in [6, 6.07) is 9.98. The molecule has 1 aromatic carbocycles. The minimum Gasteiger partial charge on any atom is -0.324 e. The van der Waals surface area contributed by atoms with Crippen LogP contribution in [0.2, 0.25) is 0 Å². The number of nitrogens with zero attached hydrogens (tertiary/aromatic N) is 2. The van der Waals surface area contributed by atoms with E-state index in [4.69, 9.17) is 0 Å². The van der Waals surface area contributed by atoms with E-state index >= 15 is 0 Å². The first-order chi connectivity index (χ1) is 10.3. The van der Waals surface area contributed by atoms with Crippen LogP contribution in [0.1, 0.15) is 24.0 Å². The number of aryl methyl sites for hydroxylation is 1. The number of pyridine rings is 1. The number of para-hydroxylation sites is 1. The molecule has 0 fully saturated rings. The van der Waals surface area contributed by atoms with E-state index in [1.165, 1.54) is 5.56 Å². The van der Waals surface area contributed by atoms with Crippen LogP contribution in [0.5, 0.6) is 0 Å². The molecule has 2 heterocycles. The summed E-state index contributed by atoms with van der Waals surface area (Å²) >= 11 is 0. The Labute approximate surface area is 124 Å². The molecule has 0 saturated carbocycles. The summed E-state index contributed by atoms with van der Waals surface area (Å²) in [5.41, 5.74) is 3.02. The number of hydrogen-bond donors (Lipinski definition) is 1. The maximum Gasteiger partial charge on any atom is 0.170 e. The monoisotopic (exact) mass is 285 g/mol. The van der Waals surface area contributed by atoms with Crippen LogP contribution in [-0.4, -0.2) is 18.6 Å². The number of nitrogens with one attached hydrogen (secondary N) is 1. The SMILES string of the molecule is CNCc1ccnc(N2CCCCc3ccccc32)c1F. The first-order valence-corrected chi connectivity index (χ1v) is 7.44. The smallest absolute Gasteiger partial charge is 0.170 e. The van der Waals surface area contributed by atoms with Gasteiger partial charge in [0.15, 0.2) is 11.6 Å². The Bertz CT molecular complexity index is 627. The van der Waals surface area contributed by atoms with E-state index < -0.39 is 0 Å². The molecule has 0 aliphatic carbocycles. The molecule has 1 aromatic heterocycles. The number of halogens is 1. The van der Waals surface area contributed by atoms with E-state index in [1.54, 1.807) is 12.3 Å². The van der Waals surface area contributed by atoms with Gasteiger partial charge < -0.3 is 10.2 Å². The maximum absolute atomic E-state index is 14.7. The topological polar surface area (TPSA) is 28.2 Å². The molecule has 110 valence electrons. The quantitative estimate of drug-likeness (QED) is 0.936. The van der Waals surface area contributed by atoms with Crippen LogP contribution in [0.3, 0.4) is 0 Å². The lowest BCUT2D eigenvalue weighted by Gasteiger charge is -2.25. The molecular weight excluding hydrogens is 265 g/mol. The maximum atomic E-state index is 14.7. The van der Waals surface area contributed by atoms with Gasteiger partial charge in [-0.3, -0.25) is 0 Å². The lowest BCUT2D eigenvalue weighted by Crippen LogP contribution is -2.21. The summed E-state index contributed by atoms with van der Waals surface area (Å²) < 4.78 is 14.7. The van der Waals surface area contributed by atoms with E-state index in [0.29, 0.717) is 17.9 Å². The highest BCUT2D eigenvalue weighted by Gasteiger charge is 2.21. The number of fused-ring (bicyclic) bond motifs is 1. The molecule has 3 rings (SSSR count). The van der Waals surface area contributed by atoms with E-state index in [1.807, 2.05) is 24.1 Å². The van der Waals surface area contributed by atoms with Crippen LogP contribution in [0.25, 0.3) is 0 Å². The average Bonchev–Trinajstić information content (AvgIpc) is 2.72. The molecule has 1 aliphatic heterocycles. The number of anilines is 2. The van der Waals surface area contributed by atoms with Crippen molar-refractivity contribution in [2.45, 2.75) is 25.8 Å². The van der Waals surface area contributed by atoms with Crippen LogP contribution in [0.15, 0.2) is 36.5 Å². The molecule has 4 heteroatoms. The molecule has 2 aromatic rings. The Morgan fingerprint density at radius 1 is 1.24 bits per heavy atom. The van der Waals surface area contributed by atoms with Crippen molar-refractivity contribution in [2.75, 3.05) is 18.5 Å². The van der Waals surface area contributed by atoms with Gasteiger partial charge in [0, 0.05) is 30.5 Å². The predicted molar refractivity (Wildman–Crippen MR) is 83.3 cm³/mol. The summed E-state index contributed by atoms with van der Waals surface area (Å²) in [6.07, 6.45) is 4.92. The second-order valence-corrected chi connectivity index (χ2v) is 5.38. The van der Waals surface area contributed by atoms with E-state index in [2.05, 4.69) is 22.4 Å². The molecule has 0 saturated heterocycles. The van der Waals surface area contributed by atoms with Crippen molar-refractivity contribution < 1.29 is 4.39 Å².